The number of likely N-dealkylation sites (N-methyl/N-ethyl adjacent to an activating group) is 2. The zero-order valence-corrected chi connectivity index (χ0v) is 13.7. The smallest absolute Gasteiger partial charge is 0.239 e. The molecule has 1 amide bonds. The van der Waals surface area contributed by atoms with E-state index in [-0.39, 0.29) is 19.2 Å². The Morgan fingerprint density at radius 2 is 2.05 bits per heavy atom. The maximum Gasteiger partial charge on any atom is 0.239 e. The number of hydrogen-bond acceptors (Lipinski definition) is 4. The third-order valence-electron chi connectivity index (χ3n) is 3.26. The summed E-state index contributed by atoms with van der Waals surface area (Å²) in [6, 6.07) is 5.77. The van der Waals surface area contributed by atoms with Gasteiger partial charge >= 0.3 is 0 Å². The van der Waals surface area contributed by atoms with E-state index in [1.54, 1.807) is 0 Å². The molecule has 0 aromatic heterocycles. The van der Waals surface area contributed by atoms with Gasteiger partial charge in [-0.25, -0.2) is 0 Å². The zero-order chi connectivity index (χ0) is 15.9. The largest absolute Gasteiger partial charge is 0.454 e. The third kappa shape index (κ3) is 4.24. The van der Waals surface area contributed by atoms with Crippen LogP contribution in [0.25, 0.3) is 0 Å². The van der Waals surface area contributed by atoms with Crippen LogP contribution >= 0.6 is 12.2 Å². The third-order valence-corrected chi connectivity index (χ3v) is 3.66. The Morgan fingerprint density at radius 1 is 1.27 bits per heavy atom. The van der Waals surface area contributed by atoms with Crippen molar-refractivity contribution < 1.29 is 14.3 Å². The van der Waals surface area contributed by atoms with E-state index < -0.39 is 0 Å². The summed E-state index contributed by atoms with van der Waals surface area (Å²) in [7, 11) is 0. The van der Waals surface area contributed by atoms with Gasteiger partial charge in [-0.1, -0.05) is 6.07 Å². The normalized spacial score (nSPS) is 11.9. The lowest BCUT2D eigenvalue weighted by Crippen LogP contribution is -2.45. The molecule has 0 spiro atoms. The number of nitrogens with zero attached hydrogens (tertiary/aromatic N) is 1. The summed E-state index contributed by atoms with van der Waals surface area (Å²) in [5, 5.41) is 6.50. The average Bonchev–Trinajstić information content (AvgIpc) is 2.98. The highest BCUT2D eigenvalue weighted by Crippen LogP contribution is 2.32. The summed E-state index contributed by atoms with van der Waals surface area (Å²) in [4.78, 5) is 13.5. The van der Waals surface area contributed by atoms with Crippen molar-refractivity contribution in [2.24, 2.45) is 0 Å². The second-order valence-electron chi connectivity index (χ2n) is 4.81. The number of carbonyl (C=O) groups excluding carboxylic acids is 1. The highest BCUT2D eigenvalue weighted by atomic mass is 32.1. The van der Waals surface area contributed by atoms with Gasteiger partial charge in [0, 0.05) is 19.6 Å². The van der Waals surface area contributed by atoms with Crippen molar-refractivity contribution in [2.75, 3.05) is 26.4 Å². The second-order valence-corrected chi connectivity index (χ2v) is 5.20. The standard InChI is InChI=1S/C15H21N3O3S/c1-3-16-14(19)9-18(4-2)15(22)17-8-11-5-6-12-13(7-11)21-10-20-12/h5-7H,3-4,8-10H2,1-2H3,(H,16,19)(H,17,22). The maximum atomic E-state index is 11.6. The zero-order valence-electron chi connectivity index (χ0n) is 12.8. The number of nitrogens with one attached hydrogen (secondary N) is 2. The van der Waals surface area contributed by atoms with E-state index in [0.29, 0.717) is 24.7 Å². The number of thiocarbonyl (C=S) groups is 1. The fraction of sp³-hybridized carbons (Fsp3) is 0.467. The molecule has 1 aliphatic heterocycles. The topological polar surface area (TPSA) is 62.8 Å². The molecule has 0 bridgehead atoms. The molecule has 2 rings (SSSR count). The van der Waals surface area contributed by atoms with E-state index in [2.05, 4.69) is 10.6 Å². The monoisotopic (exact) mass is 323 g/mol. The number of carbonyl (C=O) groups is 1. The Bertz CT molecular complexity index is 551. The van der Waals surface area contributed by atoms with E-state index in [1.165, 1.54) is 0 Å². The van der Waals surface area contributed by atoms with Crippen molar-refractivity contribution >= 4 is 23.2 Å². The van der Waals surface area contributed by atoms with E-state index in [4.69, 9.17) is 21.7 Å². The summed E-state index contributed by atoms with van der Waals surface area (Å²) in [6.45, 7) is 6.25. The van der Waals surface area contributed by atoms with E-state index in [9.17, 15) is 4.79 Å². The molecule has 1 aromatic rings. The van der Waals surface area contributed by atoms with E-state index in [0.717, 1.165) is 17.1 Å². The molecule has 1 aromatic carbocycles. The molecule has 22 heavy (non-hydrogen) atoms. The summed E-state index contributed by atoms with van der Waals surface area (Å²) in [6.07, 6.45) is 0. The average molecular weight is 323 g/mol. The molecule has 1 aliphatic rings. The minimum Gasteiger partial charge on any atom is -0.454 e. The molecule has 2 N–H and O–H groups in total. The van der Waals surface area contributed by atoms with Gasteiger partial charge in [0.1, 0.15) is 0 Å². The Hall–Kier alpha value is -2.02. The Morgan fingerprint density at radius 3 is 2.77 bits per heavy atom. The predicted molar refractivity (Wildman–Crippen MR) is 87.9 cm³/mol. The first-order valence-corrected chi connectivity index (χ1v) is 7.72. The van der Waals surface area contributed by atoms with Crippen LogP contribution < -0.4 is 20.1 Å². The molecule has 6 nitrogen and oxygen atoms in total. The van der Waals surface area contributed by atoms with Crippen molar-refractivity contribution in [3.63, 3.8) is 0 Å². The molecule has 0 saturated heterocycles. The lowest BCUT2D eigenvalue weighted by atomic mass is 10.2. The number of fused-ring (bicyclic) bond motifs is 1. The summed E-state index contributed by atoms with van der Waals surface area (Å²) < 4.78 is 10.6. The molecular formula is C15H21N3O3S. The lowest BCUT2D eigenvalue weighted by Gasteiger charge is -2.23. The van der Waals surface area contributed by atoms with Gasteiger partial charge in [0.25, 0.3) is 0 Å². The predicted octanol–water partition coefficient (Wildman–Crippen LogP) is 1.25. The van der Waals surface area contributed by atoms with Crippen molar-refractivity contribution in [3.8, 4) is 11.5 Å². The minimum absolute atomic E-state index is 0.0309. The van der Waals surface area contributed by atoms with Gasteiger partial charge in [-0.2, -0.15) is 0 Å². The van der Waals surface area contributed by atoms with Crippen LogP contribution in [0.2, 0.25) is 0 Å². The molecule has 0 atom stereocenters. The van der Waals surface area contributed by atoms with Crippen LogP contribution in [0, 0.1) is 0 Å². The molecular weight excluding hydrogens is 302 g/mol. The first-order valence-electron chi connectivity index (χ1n) is 7.32. The molecule has 0 radical (unpaired) electrons. The van der Waals surface area contributed by atoms with Crippen LogP contribution in [0.15, 0.2) is 18.2 Å². The second kappa shape index (κ2) is 7.84. The van der Waals surface area contributed by atoms with Crippen molar-refractivity contribution in [2.45, 2.75) is 20.4 Å². The van der Waals surface area contributed by atoms with Gasteiger partial charge in [-0.05, 0) is 43.8 Å². The first kappa shape index (κ1) is 16.4. The van der Waals surface area contributed by atoms with Gasteiger partial charge in [0.15, 0.2) is 16.6 Å². The highest BCUT2D eigenvalue weighted by Gasteiger charge is 2.14. The van der Waals surface area contributed by atoms with Crippen LogP contribution in [0.4, 0.5) is 0 Å². The minimum atomic E-state index is -0.0309. The SMILES string of the molecule is CCNC(=O)CN(CC)C(=S)NCc1ccc2c(c1)OCO2. The van der Waals surface area contributed by atoms with Crippen LogP contribution in [0.3, 0.4) is 0 Å². The van der Waals surface area contributed by atoms with E-state index in [1.807, 2.05) is 36.9 Å². The summed E-state index contributed by atoms with van der Waals surface area (Å²) in [5.41, 5.74) is 1.04. The highest BCUT2D eigenvalue weighted by molar-refractivity contribution is 7.80. The molecule has 0 saturated carbocycles. The Balaban J connectivity index is 1.86. The maximum absolute atomic E-state index is 11.6. The molecule has 120 valence electrons. The molecule has 0 unspecified atom stereocenters. The number of hydrogen-bond donors (Lipinski definition) is 2. The number of rotatable bonds is 6. The van der Waals surface area contributed by atoms with Gasteiger partial charge in [-0.3, -0.25) is 4.79 Å². The van der Waals surface area contributed by atoms with Crippen LogP contribution in [0.1, 0.15) is 19.4 Å². The van der Waals surface area contributed by atoms with Crippen LogP contribution in [0.5, 0.6) is 11.5 Å². The fourth-order valence-corrected chi connectivity index (χ4v) is 2.36. The van der Waals surface area contributed by atoms with E-state index >= 15 is 0 Å². The molecule has 0 fully saturated rings. The molecule has 7 heteroatoms. The quantitative estimate of drug-likeness (QED) is 0.768. The van der Waals surface area contributed by atoms with Gasteiger partial charge in [-0.15, -0.1) is 0 Å². The van der Waals surface area contributed by atoms with Gasteiger partial charge in [0.2, 0.25) is 12.7 Å². The van der Waals surface area contributed by atoms with Crippen molar-refractivity contribution in [3.05, 3.63) is 23.8 Å². The first-order chi connectivity index (χ1) is 10.6. The number of benzene rings is 1. The van der Waals surface area contributed by atoms with Crippen LogP contribution in [-0.4, -0.2) is 42.3 Å². The summed E-state index contributed by atoms with van der Waals surface area (Å²) in [5.74, 6) is 1.48. The molecule has 1 heterocycles. The van der Waals surface area contributed by atoms with Gasteiger partial charge in [0.05, 0.1) is 6.54 Å². The summed E-state index contributed by atoms with van der Waals surface area (Å²) >= 11 is 5.35. The number of ether oxygens (including phenoxy) is 2. The fourth-order valence-electron chi connectivity index (χ4n) is 2.09. The lowest BCUT2D eigenvalue weighted by molar-refractivity contribution is -0.121. The van der Waals surface area contributed by atoms with Crippen LogP contribution in [-0.2, 0) is 11.3 Å². The molecule has 0 aliphatic carbocycles. The number of amides is 1. The van der Waals surface area contributed by atoms with Crippen molar-refractivity contribution in [1.82, 2.24) is 15.5 Å². The Kier molecular flexibility index (Phi) is 5.83. The Labute approximate surface area is 135 Å². The van der Waals surface area contributed by atoms with Gasteiger partial charge < -0.3 is 25.0 Å². The van der Waals surface area contributed by atoms with Crippen molar-refractivity contribution in [1.29, 1.82) is 0 Å².